The highest BCUT2D eigenvalue weighted by atomic mass is 79.9. The molecule has 2 heterocycles. The van der Waals surface area contributed by atoms with Gasteiger partial charge in [-0.25, -0.2) is 0 Å². The van der Waals surface area contributed by atoms with E-state index in [0.29, 0.717) is 6.54 Å². The van der Waals surface area contributed by atoms with E-state index in [2.05, 4.69) is 31.5 Å². The van der Waals surface area contributed by atoms with Crippen LogP contribution in [0.4, 0.5) is 11.4 Å². The van der Waals surface area contributed by atoms with Gasteiger partial charge in [-0.1, -0.05) is 15.9 Å². The lowest BCUT2D eigenvalue weighted by Gasteiger charge is -2.35. The average molecular weight is 326 g/mol. The first kappa shape index (κ1) is 12.9. The van der Waals surface area contributed by atoms with Gasteiger partial charge in [-0.15, -0.1) is 0 Å². The zero-order chi connectivity index (χ0) is 13.2. The van der Waals surface area contributed by atoms with Crippen LogP contribution in [0.25, 0.3) is 0 Å². The van der Waals surface area contributed by atoms with Crippen LogP contribution in [0.3, 0.4) is 0 Å². The molecule has 3 rings (SSSR count). The second kappa shape index (κ2) is 5.48. The van der Waals surface area contributed by atoms with Gasteiger partial charge in [0.15, 0.2) is 0 Å². The lowest BCUT2D eigenvalue weighted by atomic mass is 10.1. The van der Waals surface area contributed by atoms with Crippen LogP contribution in [-0.4, -0.2) is 44.8 Å². The first-order chi connectivity index (χ1) is 9.22. The molecule has 1 aromatic rings. The predicted molar refractivity (Wildman–Crippen MR) is 77.6 cm³/mol. The zero-order valence-corrected chi connectivity index (χ0v) is 12.1. The Morgan fingerprint density at radius 2 is 2.37 bits per heavy atom. The molecule has 6 heteroatoms. The minimum Gasteiger partial charge on any atom is -0.374 e. The fraction of sp³-hybridized carbons (Fsp3) is 0.462. The fourth-order valence-electron chi connectivity index (χ4n) is 2.47. The first-order valence-electron chi connectivity index (χ1n) is 6.39. The Hall–Kier alpha value is -1.11. The number of fused-ring (bicyclic) bond motifs is 1. The standard InChI is InChI=1S/C13H16BrN3O2/c14-9-1-2-11-12(5-9)17(8-13(18)16-11)7-10-6-15-3-4-19-10/h1-2,5,10,15H,3-4,6-8H2,(H,16,18). The number of anilines is 2. The van der Waals surface area contributed by atoms with Crippen molar-refractivity contribution in [2.24, 2.45) is 0 Å². The second-order valence-corrected chi connectivity index (χ2v) is 5.70. The van der Waals surface area contributed by atoms with Crippen LogP contribution in [0.1, 0.15) is 0 Å². The highest BCUT2D eigenvalue weighted by molar-refractivity contribution is 9.10. The van der Waals surface area contributed by atoms with Crippen molar-refractivity contribution in [2.75, 3.05) is 43.0 Å². The summed E-state index contributed by atoms with van der Waals surface area (Å²) < 4.78 is 6.72. The third kappa shape index (κ3) is 2.91. The molecule has 1 amide bonds. The van der Waals surface area contributed by atoms with Gasteiger partial charge < -0.3 is 20.3 Å². The Kier molecular flexibility index (Phi) is 3.72. The molecule has 1 atom stereocenters. The normalized spacial score (nSPS) is 22.9. The monoisotopic (exact) mass is 325 g/mol. The van der Waals surface area contributed by atoms with Gasteiger partial charge >= 0.3 is 0 Å². The molecule has 0 aromatic heterocycles. The molecule has 5 nitrogen and oxygen atoms in total. The SMILES string of the molecule is O=C1CN(CC2CNCCO2)c2cc(Br)ccc2N1. The van der Waals surface area contributed by atoms with E-state index in [-0.39, 0.29) is 12.0 Å². The van der Waals surface area contributed by atoms with E-state index in [1.54, 1.807) is 0 Å². The summed E-state index contributed by atoms with van der Waals surface area (Å²) in [5.74, 6) is 0.0265. The van der Waals surface area contributed by atoms with Crippen LogP contribution in [0.2, 0.25) is 0 Å². The summed E-state index contributed by atoms with van der Waals surface area (Å²) in [6.07, 6.45) is 0.131. The van der Waals surface area contributed by atoms with Crippen LogP contribution in [-0.2, 0) is 9.53 Å². The van der Waals surface area contributed by atoms with E-state index < -0.39 is 0 Å². The molecule has 2 N–H and O–H groups in total. The third-order valence-electron chi connectivity index (χ3n) is 3.34. The highest BCUT2D eigenvalue weighted by Crippen LogP contribution is 2.32. The van der Waals surface area contributed by atoms with Crippen LogP contribution in [0.15, 0.2) is 22.7 Å². The minimum atomic E-state index is 0.0265. The summed E-state index contributed by atoms with van der Waals surface area (Å²) in [6.45, 7) is 3.57. The van der Waals surface area contributed by atoms with Gasteiger partial charge in [-0.2, -0.15) is 0 Å². The molecule has 0 radical (unpaired) electrons. The molecule has 0 spiro atoms. The average Bonchev–Trinajstić information content (AvgIpc) is 2.41. The van der Waals surface area contributed by atoms with Crippen molar-refractivity contribution < 1.29 is 9.53 Å². The third-order valence-corrected chi connectivity index (χ3v) is 3.83. The number of amides is 1. The van der Waals surface area contributed by atoms with Crippen molar-refractivity contribution in [3.63, 3.8) is 0 Å². The Bertz CT molecular complexity index is 489. The maximum absolute atomic E-state index is 11.7. The van der Waals surface area contributed by atoms with Crippen molar-refractivity contribution in [1.82, 2.24) is 5.32 Å². The topological polar surface area (TPSA) is 53.6 Å². The number of benzene rings is 1. The van der Waals surface area contributed by atoms with Crippen molar-refractivity contribution in [3.8, 4) is 0 Å². The van der Waals surface area contributed by atoms with Gasteiger partial charge in [0.1, 0.15) is 0 Å². The smallest absolute Gasteiger partial charge is 0.243 e. The Labute approximate surface area is 120 Å². The fourth-order valence-corrected chi connectivity index (χ4v) is 2.82. The number of ether oxygens (including phenoxy) is 1. The minimum absolute atomic E-state index is 0.0265. The van der Waals surface area contributed by atoms with Gasteiger partial charge in [0.2, 0.25) is 5.91 Å². The molecular weight excluding hydrogens is 310 g/mol. The molecule has 1 unspecified atom stereocenters. The van der Waals surface area contributed by atoms with E-state index >= 15 is 0 Å². The predicted octanol–water partition coefficient (Wildman–Crippen LogP) is 1.20. The zero-order valence-electron chi connectivity index (χ0n) is 10.5. The quantitative estimate of drug-likeness (QED) is 0.857. The Balaban J connectivity index is 1.81. The summed E-state index contributed by atoms with van der Waals surface area (Å²) in [7, 11) is 0. The molecule has 2 aliphatic rings. The van der Waals surface area contributed by atoms with Gasteiger partial charge in [-0.3, -0.25) is 4.79 Å². The first-order valence-corrected chi connectivity index (χ1v) is 7.18. The number of morpholine rings is 1. The van der Waals surface area contributed by atoms with Crippen molar-refractivity contribution in [1.29, 1.82) is 0 Å². The molecule has 19 heavy (non-hydrogen) atoms. The lowest BCUT2D eigenvalue weighted by Crippen LogP contribution is -2.48. The molecule has 1 aromatic carbocycles. The number of rotatable bonds is 2. The lowest BCUT2D eigenvalue weighted by molar-refractivity contribution is -0.115. The van der Waals surface area contributed by atoms with Crippen molar-refractivity contribution in [3.05, 3.63) is 22.7 Å². The van der Waals surface area contributed by atoms with E-state index in [9.17, 15) is 4.79 Å². The van der Waals surface area contributed by atoms with Crippen molar-refractivity contribution in [2.45, 2.75) is 6.10 Å². The van der Waals surface area contributed by atoms with E-state index in [4.69, 9.17) is 4.74 Å². The number of carbonyl (C=O) groups excluding carboxylic acids is 1. The van der Waals surface area contributed by atoms with Crippen LogP contribution < -0.4 is 15.5 Å². The Morgan fingerprint density at radius 1 is 1.47 bits per heavy atom. The van der Waals surface area contributed by atoms with Crippen LogP contribution >= 0.6 is 15.9 Å². The summed E-state index contributed by atoms with van der Waals surface area (Å²) in [6, 6.07) is 5.88. The number of hydrogen-bond acceptors (Lipinski definition) is 4. The van der Waals surface area contributed by atoms with Crippen LogP contribution in [0.5, 0.6) is 0 Å². The highest BCUT2D eigenvalue weighted by Gasteiger charge is 2.25. The summed E-state index contributed by atoms with van der Waals surface area (Å²) in [4.78, 5) is 13.8. The van der Waals surface area contributed by atoms with Gasteiger partial charge in [0.25, 0.3) is 0 Å². The summed E-state index contributed by atoms with van der Waals surface area (Å²) in [5, 5.41) is 6.21. The van der Waals surface area contributed by atoms with E-state index in [0.717, 1.165) is 42.1 Å². The molecule has 0 bridgehead atoms. The molecule has 102 valence electrons. The van der Waals surface area contributed by atoms with Crippen LogP contribution in [0, 0.1) is 0 Å². The molecule has 1 saturated heterocycles. The van der Waals surface area contributed by atoms with E-state index in [1.807, 2.05) is 18.2 Å². The number of hydrogen-bond donors (Lipinski definition) is 2. The molecule has 0 saturated carbocycles. The summed E-state index contributed by atoms with van der Waals surface area (Å²) in [5.41, 5.74) is 1.91. The number of halogens is 1. The van der Waals surface area contributed by atoms with Gasteiger partial charge in [0, 0.05) is 24.1 Å². The van der Waals surface area contributed by atoms with E-state index in [1.165, 1.54) is 0 Å². The molecule has 1 fully saturated rings. The number of nitrogens with zero attached hydrogens (tertiary/aromatic N) is 1. The van der Waals surface area contributed by atoms with Gasteiger partial charge in [0.05, 0.1) is 30.6 Å². The van der Waals surface area contributed by atoms with Gasteiger partial charge in [-0.05, 0) is 18.2 Å². The summed E-state index contributed by atoms with van der Waals surface area (Å²) >= 11 is 3.48. The Morgan fingerprint density at radius 3 is 3.16 bits per heavy atom. The molecule has 2 aliphatic heterocycles. The van der Waals surface area contributed by atoms with Crippen molar-refractivity contribution >= 4 is 33.2 Å². The molecular formula is C13H16BrN3O2. The second-order valence-electron chi connectivity index (χ2n) is 4.79. The molecule has 0 aliphatic carbocycles. The maximum Gasteiger partial charge on any atom is 0.243 e. The number of nitrogens with one attached hydrogen (secondary N) is 2. The number of carbonyl (C=O) groups is 1. The maximum atomic E-state index is 11.7. The largest absolute Gasteiger partial charge is 0.374 e.